The molecule has 0 spiro atoms. The van der Waals surface area contributed by atoms with Crippen molar-refractivity contribution in [3.05, 3.63) is 102 Å². The van der Waals surface area contributed by atoms with Gasteiger partial charge in [0.15, 0.2) is 12.4 Å². The highest BCUT2D eigenvalue weighted by atomic mass is 79.9. The van der Waals surface area contributed by atoms with Gasteiger partial charge in [0.25, 0.3) is 0 Å². The van der Waals surface area contributed by atoms with Crippen LogP contribution in [0, 0.1) is 0 Å². The highest BCUT2D eigenvalue weighted by molar-refractivity contribution is 5.86. The zero-order chi connectivity index (χ0) is 14.5. The van der Waals surface area contributed by atoms with Crippen LogP contribution in [-0.4, -0.2) is 5.91 Å². The smallest absolute Gasteiger partial charge is 0.424 e. The van der Waals surface area contributed by atoms with Crippen LogP contribution < -0.4 is 21.5 Å². The number of carbonyl (C=O) groups is 1. The van der Waals surface area contributed by atoms with E-state index < -0.39 is 0 Å². The molecule has 0 saturated carbocycles. The molecule has 3 rings (SSSR count). The van der Waals surface area contributed by atoms with Gasteiger partial charge in [-0.3, -0.25) is 0 Å². The number of nitrogens with zero attached hydrogens (tertiary/aromatic N) is 1. The molecule has 0 N–H and O–H groups in total. The Morgan fingerprint density at radius 1 is 0.727 bits per heavy atom. The summed E-state index contributed by atoms with van der Waals surface area (Å²) in [4.78, 5) is 12.3. The van der Waals surface area contributed by atoms with Crippen molar-refractivity contribution in [3.63, 3.8) is 0 Å². The van der Waals surface area contributed by atoms with E-state index in [1.807, 2.05) is 73.1 Å². The van der Waals surface area contributed by atoms with Gasteiger partial charge < -0.3 is 17.0 Å². The van der Waals surface area contributed by atoms with Crippen LogP contribution >= 0.6 is 0 Å². The Morgan fingerprint density at radius 2 is 1.23 bits per heavy atom. The Morgan fingerprint density at radius 3 is 1.82 bits per heavy atom. The minimum absolute atomic E-state index is 0. The lowest BCUT2D eigenvalue weighted by Gasteiger charge is -2.01. The summed E-state index contributed by atoms with van der Waals surface area (Å²) in [6.45, 7) is 0. The molecule has 0 aliphatic carbocycles. The Labute approximate surface area is 140 Å². The quantitative estimate of drug-likeness (QED) is 0.618. The SMILES string of the molecule is O=C(c1ccccc1)[n+]1ccc(Cc2ccccc2)cc1.[Br-]. The lowest BCUT2D eigenvalue weighted by molar-refractivity contribution is -0.570. The molecule has 2 aromatic carbocycles. The van der Waals surface area contributed by atoms with Gasteiger partial charge in [-0.05, 0) is 29.7 Å². The van der Waals surface area contributed by atoms with Crippen molar-refractivity contribution in [2.45, 2.75) is 6.42 Å². The van der Waals surface area contributed by atoms with E-state index in [0.29, 0.717) is 5.56 Å². The summed E-state index contributed by atoms with van der Waals surface area (Å²) < 4.78 is 1.61. The van der Waals surface area contributed by atoms with Crippen molar-refractivity contribution < 1.29 is 26.3 Å². The lowest BCUT2D eigenvalue weighted by atomic mass is 10.1. The van der Waals surface area contributed by atoms with Crippen LogP contribution in [-0.2, 0) is 6.42 Å². The van der Waals surface area contributed by atoms with Gasteiger partial charge in [-0.2, -0.15) is 0 Å². The van der Waals surface area contributed by atoms with Crippen LogP contribution in [0.4, 0.5) is 0 Å². The molecular weight excluding hydrogens is 338 g/mol. The van der Waals surface area contributed by atoms with Gasteiger partial charge >= 0.3 is 5.91 Å². The van der Waals surface area contributed by atoms with Crippen molar-refractivity contribution in [1.29, 1.82) is 0 Å². The largest absolute Gasteiger partial charge is 1.00 e. The highest BCUT2D eigenvalue weighted by Crippen LogP contribution is 2.07. The molecule has 22 heavy (non-hydrogen) atoms. The average molecular weight is 354 g/mol. The number of pyridine rings is 1. The molecule has 0 bridgehead atoms. The van der Waals surface area contributed by atoms with Crippen LogP contribution in [0.5, 0.6) is 0 Å². The maximum Gasteiger partial charge on any atom is 0.424 e. The molecule has 0 radical (unpaired) electrons. The second-order valence-corrected chi connectivity index (χ2v) is 4.95. The summed E-state index contributed by atoms with van der Waals surface area (Å²) >= 11 is 0. The van der Waals surface area contributed by atoms with Crippen LogP contribution in [0.3, 0.4) is 0 Å². The van der Waals surface area contributed by atoms with Gasteiger partial charge in [-0.15, -0.1) is 4.57 Å². The average Bonchev–Trinajstić information content (AvgIpc) is 2.57. The number of carbonyl (C=O) groups excluding carboxylic acids is 1. The number of benzene rings is 2. The fourth-order valence-corrected chi connectivity index (χ4v) is 2.27. The summed E-state index contributed by atoms with van der Waals surface area (Å²) in [6, 6.07) is 23.6. The molecule has 0 atom stereocenters. The molecule has 110 valence electrons. The number of hydrogen-bond acceptors (Lipinski definition) is 1. The molecule has 1 heterocycles. The number of halogens is 1. The second-order valence-electron chi connectivity index (χ2n) is 4.95. The van der Waals surface area contributed by atoms with Gasteiger partial charge in [0.1, 0.15) is 0 Å². The van der Waals surface area contributed by atoms with Crippen molar-refractivity contribution in [2.24, 2.45) is 0 Å². The zero-order valence-electron chi connectivity index (χ0n) is 12.0. The third-order valence-electron chi connectivity index (χ3n) is 3.40. The van der Waals surface area contributed by atoms with Gasteiger partial charge in [0.05, 0.1) is 5.56 Å². The van der Waals surface area contributed by atoms with E-state index in [0.717, 1.165) is 6.42 Å². The standard InChI is InChI=1S/C19H16NO.BrH/c21-19(18-9-5-2-6-10-18)20-13-11-17(12-14-20)15-16-7-3-1-4-8-16;/h1-14H,15H2;1H/q+1;/p-1. The molecule has 0 amide bonds. The number of rotatable bonds is 3. The topological polar surface area (TPSA) is 20.9 Å². The first-order valence-electron chi connectivity index (χ1n) is 6.97. The third-order valence-corrected chi connectivity index (χ3v) is 3.40. The minimum atomic E-state index is -0.0122. The molecule has 0 fully saturated rings. The van der Waals surface area contributed by atoms with Gasteiger partial charge in [0.2, 0.25) is 0 Å². The van der Waals surface area contributed by atoms with Crippen LogP contribution in [0.25, 0.3) is 0 Å². The molecule has 0 unspecified atom stereocenters. The molecule has 0 saturated heterocycles. The van der Waals surface area contributed by atoms with Gasteiger partial charge in [-0.25, -0.2) is 4.79 Å². The second kappa shape index (κ2) is 7.66. The molecule has 2 nitrogen and oxygen atoms in total. The fourth-order valence-electron chi connectivity index (χ4n) is 2.27. The predicted molar refractivity (Wildman–Crippen MR) is 82.1 cm³/mol. The summed E-state index contributed by atoms with van der Waals surface area (Å²) in [5.41, 5.74) is 3.15. The van der Waals surface area contributed by atoms with E-state index in [2.05, 4.69) is 12.1 Å². The van der Waals surface area contributed by atoms with Crippen LogP contribution in [0.1, 0.15) is 21.5 Å². The summed E-state index contributed by atoms with van der Waals surface area (Å²) in [5, 5.41) is 0. The van der Waals surface area contributed by atoms with Gasteiger partial charge in [0, 0.05) is 12.1 Å². The molecular formula is C19H16BrNO. The Balaban J connectivity index is 0.00000176. The van der Waals surface area contributed by atoms with Crippen molar-refractivity contribution in [2.75, 3.05) is 0 Å². The first-order valence-corrected chi connectivity index (χ1v) is 6.97. The molecule has 0 aliphatic heterocycles. The van der Waals surface area contributed by atoms with E-state index in [4.69, 9.17) is 0 Å². The predicted octanol–water partition coefficient (Wildman–Crippen LogP) is 0.257. The normalized spacial score (nSPS) is 9.82. The van der Waals surface area contributed by atoms with Gasteiger partial charge in [-0.1, -0.05) is 48.5 Å². The Bertz CT molecular complexity index is 724. The first-order chi connectivity index (χ1) is 10.3. The Kier molecular flexibility index (Phi) is 5.61. The van der Waals surface area contributed by atoms with Crippen molar-refractivity contribution in [1.82, 2.24) is 0 Å². The fraction of sp³-hybridized carbons (Fsp3) is 0.0526. The Hall–Kier alpha value is -2.26. The molecule has 0 aliphatic rings. The summed E-state index contributed by atoms with van der Waals surface area (Å²) in [6.07, 6.45) is 4.53. The summed E-state index contributed by atoms with van der Waals surface area (Å²) in [5.74, 6) is -0.0122. The maximum absolute atomic E-state index is 12.3. The van der Waals surface area contributed by atoms with Crippen LogP contribution in [0.2, 0.25) is 0 Å². The van der Waals surface area contributed by atoms with E-state index in [9.17, 15) is 4.79 Å². The maximum atomic E-state index is 12.3. The van der Waals surface area contributed by atoms with E-state index >= 15 is 0 Å². The number of hydrogen-bond donors (Lipinski definition) is 0. The van der Waals surface area contributed by atoms with Crippen molar-refractivity contribution >= 4 is 5.91 Å². The summed E-state index contributed by atoms with van der Waals surface area (Å²) in [7, 11) is 0. The van der Waals surface area contributed by atoms with E-state index in [-0.39, 0.29) is 22.9 Å². The third kappa shape index (κ3) is 3.89. The van der Waals surface area contributed by atoms with E-state index in [1.165, 1.54) is 11.1 Å². The molecule has 1 aromatic heterocycles. The van der Waals surface area contributed by atoms with Crippen molar-refractivity contribution in [3.8, 4) is 0 Å². The lowest BCUT2D eigenvalue weighted by Crippen LogP contribution is -3.00. The minimum Gasteiger partial charge on any atom is -1.00 e. The monoisotopic (exact) mass is 353 g/mol. The highest BCUT2D eigenvalue weighted by Gasteiger charge is 2.15. The molecule has 3 heteroatoms. The zero-order valence-corrected chi connectivity index (χ0v) is 13.6. The van der Waals surface area contributed by atoms with E-state index in [1.54, 1.807) is 4.57 Å². The van der Waals surface area contributed by atoms with Crippen LogP contribution in [0.15, 0.2) is 85.2 Å². The first kappa shape index (κ1) is 16.1. The number of aromatic nitrogens is 1. The molecule has 3 aromatic rings.